The van der Waals surface area contributed by atoms with Crippen molar-refractivity contribution in [2.24, 2.45) is 0 Å². The standard InChI is InChI=1S/C21H25NO3/c1-5-7-15-8-6-9-18(22-15)17-13-21(17,20(23)25-4)16-12-14(2)10-11-19(16)24-3/h6,8-12,17H,5,7,13H2,1-4H3/t17-,21-/m0/s1. The molecule has 0 N–H and O–H groups in total. The van der Waals surface area contributed by atoms with E-state index in [-0.39, 0.29) is 11.9 Å². The molecule has 0 spiro atoms. The number of ether oxygens (including phenoxy) is 2. The Morgan fingerprint density at radius 2 is 2.08 bits per heavy atom. The third-order valence-electron chi connectivity index (χ3n) is 5.04. The molecule has 1 fully saturated rings. The van der Waals surface area contributed by atoms with Gasteiger partial charge in [0.15, 0.2) is 0 Å². The number of aromatic nitrogens is 1. The van der Waals surface area contributed by atoms with Gasteiger partial charge in [0.05, 0.1) is 14.2 Å². The van der Waals surface area contributed by atoms with Crippen LogP contribution in [0.2, 0.25) is 0 Å². The highest BCUT2D eigenvalue weighted by molar-refractivity contribution is 5.90. The first-order valence-electron chi connectivity index (χ1n) is 8.76. The smallest absolute Gasteiger partial charge is 0.317 e. The van der Waals surface area contributed by atoms with E-state index in [0.29, 0.717) is 6.42 Å². The average molecular weight is 339 g/mol. The molecule has 0 unspecified atom stereocenters. The van der Waals surface area contributed by atoms with Crippen molar-refractivity contribution in [2.45, 2.75) is 44.4 Å². The molecular weight excluding hydrogens is 314 g/mol. The van der Waals surface area contributed by atoms with E-state index in [0.717, 1.165) is 41.1 Å². The van der Waals surface area contributed by atoms with Gasteiger partial charge in [0.2, 0.25) is 0 Å². The Hall–Kier alpha value is -2.36. The molecule has 25 heavy (non-hydrogen) atoms. The Bertz CT molecular complexity index is 786. The van der Waals surface area contributed by atoms with Gasteiger partial charge in [0.1, 0.15) is 11.2 Å². The van der Waals surface area contributed by atoms with E-state index in [1.165, 1.54) is 7.11 Å². The van der Waals surface area contributed by atoms with Crippen LogP contribution in [0.1, 0.15) is 48.2 Å². The van der Waals surface area contributed by atoms with E-state index in [1.807, 2.05) is 43.3 Å². The van der Waals surface area contributed by atoms with Crippen molar-refractivity contribution < 1.29 is 14.3 Å². The molecule has 0 radical (unpaired) electrons. The monoisotopic (exact) mass is 339 g/mol. The first-order valence-corrected chi connectivity index (χ1v) is 8.76. The summed E-state index contributed by atoms with van der Waals surface area (Å²) >= 11 is 0. The first-order chi connectivity index (χ1) is 12.1. The molecule has 1 aliphatic rings. The maximum absolute atomic E-state index is 12.8. The molecule has 2 atom stereocenters. The molecule has 1 aliphatic carbocycles. The van der Waals surface area contributed by atoms with Crippen LogP contribution in [0.15, 0.2) is 36.4 Å². The van der Waals surface area contributed by atoms with Crippen LogP contribution >= 0.6 is 0 Å². The van der Waals surface area contributed by atoms with Crippen molar-refractivity contribution >= 4 is 5.97 Å². The molecule has 1 aromatic carbocycles. The maximum atomic E-state index is 12.8. The van der Waals surface area contributed by atoms with Crippen LogP contribution in [0.5, 0.6) is 5.75 Å². The van der Waals surface area contributed by atoms with E-state index in [1.54, 1.807) is 7.11 Å². The molecule has 4 heteroatoms. The molecule has 1 heterocycles. The number of aryl methyl sites for hydroxylation is 2. The van der Waals surface area contributed by atoms with E-state index < -0.39 is 5.41 Å². The van der Waals surface area contributed by atoms with Gasteiger partial charge in [-0.05, 0) is 38.0 Å². The van der Waals surface area contributed by atoms with Gasteiger partial charge in [-0.3, -0.25) is 9.78 Å². The van der Waals surface area contributed by atoms with Crippen molar-refractivity contribution in [2.75, 3.05) is 14.2 Å². The van der Waals surface area contributed by atoms with Crippen LogP contribution in [0.3, 0.4) is 0 Å². The molecule has 1 saturated carbocycles. The fraction of sp³-hybridized carbons (Fsp3) is 0.429. The molecule has 2 aromatic rings. The number of carbonyl (C=O) groups excluding carboxylic acids is 1. The summed E-state index contributed by atoms with van der Waals surface area (Å²) in [6, 6.07) is 12.0. The first kappa shape index (κ1) is 17.5. The van der Waals surface area contributed by atoms with Gasteiger partial charge in [0, 0.05) is 22.9 Å². The topological polar surface area (TPSA) is 48.4 Å². The lowest BCUT2D eigenvalue weighted by molar-refractivity contribution is -0.143. The van der Waals surface area contributed by atoms with Crippen LogP contribution in [0, 0.1) is 6.92 Å². The lowest BCUT2D eigenvalue weighted by Crippen LogP contribution is -2.25. The summed E-state index contributed by atoms with van der Waals surface area (Å²) in [6.07, 6.45) is 2.69. The Kier molecular flexibility index (Phi) is 4.80. The zero-order valence-corrected chi connectivity index (χ0v) is 15.3. The van der Waals surface area contributed by atoms with Crippen LogP contribution in [0.4, 0.5) is 0 Å². The summed E-state index contributed by atoms with van der Waals surface area (Å²) in [5.74, 6) is 0.528. The molecule has 3 rings (SSSR count). The molecule has 0 bridgehead atoms. The summed E-state index contributed by atoms with van der Waals surface area (Å²) in [7, 11) is 3.08. The number of hydrogen-bond acceptors (Lipinski definition) is 4. The lowest BCUT2D eigenvalue weighted by atomic mass is 9.90. The van der Waals surface area contributed by atoms with Gasteiger partial charge in [-0.1, -0.05) is 37.1 Å². The minimum Gasteiger partial charge on any atom is -0.496 e. The van der Waals surface area contributed by atoms with E-state index >= 15 is 0 Å². The summed E-state index contributed by atoms with van der Waals surface area (Å²) in [5, 5.41) is 0. The quantitative estimate of drug-likeness (QED) is 0.748. The van der Waals surface area contributed by atoms with Crippen molar-refractivity contribution in [3.8, 4) is 5.75 Å². The highest BCUT2D eigenvalue weighted by Crippen LogP contribution is 2.62. The van der Waals surface area contributed by atoms with Gasteiger partial charge in [-0.15, -0.1) is 0 Å². The molecule has 132 valence electrons. The lowest BCUT2D eigenvalue weighted by Gasteiger charge is -2.19. The minimum atomic E-state index is -0.704. The minimum absolute atomic E-state index is 0.0208. The number of pyridine rings is 1. The highest BCUT2D eigenvalue weighted by atomic mass is 16.5. The molecular formula is C21H25NO3. The SMILES string of the molecule is CCCc1cccc([C@@H]2C[C@]2(C(=O)OC)c2cc(C)ccc2OC)n1. The summed E-state index contributed by atoms with van der Waals surface area (Å²) in [4.78, 5) is 17.6. The van der Waals surface area contributed by atoms with Crippen LogP contribution < -0.4 is 4.74 Å². The average Bonchev–Trinajstić information content (AvgIpc) is 3.38. The van der Waals surface area contributed by atoms with Crippen LogP contribution in [0.25, 0.3) is 0 Å². The Balaban J connectivity index is 2.06. The van der Waals surface area contributed by atoms with Gasteiger partial charge in [-0.2, -0.15) is 0 Å². The Morgan fingerprint density at radius 3 is 2.76 bits per heavy atom. The van der Waals surface area contributed by atoms with E-state index in [9.17, 15) is 4.79 Å². The molecule has 0 amide bonds. The predicted molar refractivity (Wildman–Crippen MR) is 97.0 cm³/mol. The molecule has 4 nitrogen and oxygen atoms in total. The largest absolute Gasteiger partial charge is 0.496 e. The number of methoxy groups -OCH3 is 2. The number of rotatable bonds is 6. The van der Waals surface area contributed by atoms with Crippen LogP contribution in [-0.2, 0) is 21.4 Å². The highest BCUT2D eigenvalue weighted by Gasteiger charge is 2.64. The van der Waals surface area contributed by atoms with Gasteiger partial charge in [-0.25, -0.2) is 0 Å². The van der Waals surface area contributed by atoms with Crippen molar-refractivity contribution in [3.63, 3.8) is 0 Å². The second kappa shape index (κ2) is 6.87. The van der Waals surface area contributed by atoms with E-state index in [4.69, 9.17) is 14.5 Å². The van der Waals surface area contributed by atoms with E-state index in [2.05, 4.69) is 6.92 Å². The third kappa shape index (κ3) is 3.01. The molecule has 0 aliphatic heterocycles. The second-order valence-corrected chi connectivity index (χ2v) is 6.73. The number of nitrogens with zero attached hydrogens (tertiary/aromatic N) is 1. The normalized spacial score (nSPS) is 21.7. The van der Waals surface area contributed by atoms with Gasteiger partial charge >= 0.3 is 5.97 Å². The third-order valence-corrected chi connectivity index (χ3v) is 5.04. The summed E-state index contributed by atoms with van der Waals surface area (Å²) in [6.45, 7) is 4.16. The van der Waals surface area contributed by atoms with Crippen LogP contribution in [-0.4, -0.2) is 25.2 Å². The van der Waals surface area contributed by atoms with Crippen molar-refractivity contribution in [1.29, 1.82) is 0 Å². The predicted octanol–water partition coefficient (Wildman–Crippen LogP) is 3.95. The number of carbonyl (C=O) groups is 1. The van der Waals surface area contributed by atoms with Gasteiger partial charge in [0.25, 0.3) is 0 Å². The number of hydrogen-bond donors (Lipinski definition) is 0. The second-order valence-electron chi connectivity index (χ2n) is 6.73. The summed E-state index contributed by atoms with van der Waals surface area (Å²) < 4.78 is 10.7. The molecule has 1 aromatic heterocycles. The number of benzene rings is 1. The molecule has 0 saturated heterocycles. The zero-order valence-electron chi connectivity index (χ0n) is 15.3. The number of esters is 1. The van der Waals surface area contributed by atoms with Crippen molar-refractivity contribution in [1.82, 2.24) is 4.98 Å². The van der Waals surface area contributed by atoms with Gasteiger partial charge < -0.3 is 9.47 Å². The Labute approximate surface area is 149 Å². The fourth-order valence-corrected chi connectivity index (χ4v) is 3.69. The summed E-state index contributed by atoms with van der Waals surface area (Å²) in [5.41, 5.74) is 3.32. The Morgan fingerprint density at radius 1 is 1.28 bits per heavy atom. The maximum Gasteiger partial charge on any atom is 0.317 e. The van der Waals surface area contributed by atoms with Crippen molar-refractivity contribution in [3.05, 3.63) is 58.9 Å². The zero-order chi connectivity index (χ0) is 18.0. The fourth-order valence-electron chi connectivity index (χ4n) is 3.69.